The van der Waals surface area contributed by atoms with Crippen LogP contribution in [0.3, 0.4) is 0 Å². The molecule has 0 radical (unpaired) electrons. The maximum atomic E-state index is 11.2. The van der Waals surface area contributed by atoms with Gasteiger partial charge in [-0.1, -0.05) is 113 Å². The van der Waals surface area contributed by atoms with E-state index < -0.39 is 0 Å². The van der Waals surface area contributed by atoms with E-state index in [1.807, 2.05) is 0 Å². The molecular weight excluding hydrogens is 328 g/mol. The SMILES string of the molecule is CCCCCCC1(CCCCCC)C=C(C(C)(C)C)C(O)=C(C(C)(C)C)C1. The highest BCUT2D eigenvalue weighted by atomic mass is 16.3. The molecule has 0 heterocycles. The summed E-state index contributed by atoms with van der Waals surface area (Å²) in [6, 6.07) is 0. The fourth-order valence-corrected chi connectivity index (χ4v) is 4.47. The molecule has 1 N–H and O–H groups in total. The van der Waals surface area contributed by atoms with Crippen molar-refractivity contribution in [2.45, 2.75) is 126 Å². The number of allylic oxidation sites excluding steroid dienone is 3. The van der Waals surface area contributed by atoms with Crippen LogP contribution >= 0.6 is 0 Å². The molecule has 0 aliphatic heterocycles. The molecule has 27 heavy (non-hydrogen) atoms. The second-order valence-electron chi connectivity index (χ2n) is 11.0. The average Bonchev–Trinajstić information content (AvgIpc) is 2.55. The van der Waals surface area contributed by atoms with E-state index in [0.29, 0.717) is 5.76 Å². The summed E-state index contributed by atoms with van der Waals surface area (Å²) in [5.41, 5.74) is 2.70. The van der Waals surface area contributed by atoms with Crippen molar-refractivity contribution in [3.8, 4) is 0 Å². The lowest BCUT2D eigenvalue weighted by atomic mass is 9.62. The van der Waals surface area contributed by atoms with Crippen molar-refractivity contribution in [2.75, 3.05) is 0 Å². The van der Waals surface area contributed by atoms with Gasteiger partial charge in [-0.05, 0) is 46.7 Å². The molecule has 0 aromatic carbocycles. The Labute approximate surface area is 170 Å². The Morgan fingerprint density at radius 3 is 1.63 bits per heavy atom. The highest BCUT2D eigenvalue weighted by Crippen LogP contribution is 2.52. The van der Waals surface area contributed by atoms with Crippen LogP contribution in [-0.4, -0.2) is 5.11 Å². The highest BCUT2D eigenvalue weighted by Gasteiger charge is 2.40. The van der Waals surface area contributed by atoms with Gasteiger partial charge in [0.15, 0.2) is 0 Å². The van der Waals surface area contributed by atoms with Gasteiger partial charge in [0.25, 0.3) is 0 Å². The van der Waals surface area contributed by atoms with E-state index >= 15 is 0 Å². The van der Waals surface area contributed by atoms with Crippen molar-refractivity contribution < 1.29 is 5.11 Å². The topological polar surface area (TPSA) is 20.2 Å². The van der Waals surface area contributed by atoms with Crippen LogP contribution in [0.2, 0.25) is 0 Å². The largest absolute Gasteiger partial charge is 0.508 e. The minimum atomic E-state index is -0.0148. The molecule has 1 rings (SSSR count). The zero-order valence-electron chi connectivity index (χ0n) is 19.8. The summed E-state index contributed by atoms with van der Waals surface area (Å²) in [5.74, 6) is 0.591. The second-order valence-corrected chi connectivity index (χ2v) is 11.0. The molecule has 0 amide bonds. The molecule has 0 fully saturated rings. The number of hydrogen-bond acceptors (Lipinski definition) is 1. The molecule has 0 spiro atoms. The van der Waals surface area contributed by atoms with E-state index in [1.165, 1.54) is 75.4 Å². The van der Waals surface area contributed by atoms with Crippen LogP contribution in [0.5, 0.6) is 0 Å². The van der Waals surface area contributed by atoms with Gasteiger partial charge in [-0.3, -0.25) is 0 Å². The predicted molar refractivity (Wildman–Crippen MR) is 121 cm³/mol. The Kier molecular flexibility index (Phi) is 9.16. The zero-order valence-corrected chi connectivity index (χ0v) is 19.8. The molecule has 0 unspecified atom stereocenters. The van der Waals surface area contributed by atoms with E-state index in [1.54, 1.807) is 0 Å². The molecule has 1 aliphatic carbocycles. The first-order chi connectivity index (χ1) is 12.5. The van der Waals surface area contributed by atoms with E-state index in [9.17, 15) is 5.11 Å². The number of unbranched alkanes of at least 4 members (excludes halogenated alkanes) is 6. The van der Waals surface area contributed by atoms with Crippen molar-refractivity contribution in [3.05, 3.63) is 23.0 Å². The summed E-state index contributed by atoms with van der Waals surface area (Å²) < 4.78 is 0. The average molecular weight is 377 g/mol. The van der Waals surface area contributed by atoms with Crippen LogP contribution in [-0.2, 0) is 0 Å². The lowest BCUT2D eigenvalue weighted by molar-refractivity contribution is 0.238. The molecule has 1 nitrogen and oxygen atoms in total. The maximum absolute atomic E-state index is 11.2. The molecule has 1 aliphatic rings. The molecule has 0 saturated carbocycles. The maximum Gasteiger partial charge on any atom is 0.118 e. The van der Waals surface area contributed by atoms with Crippen LogP contribution in [0, 0.1) is 16.2 Å². The second kappa shape index (κ2) is 10.2. The predicted octanol–water partition coefficient (Wildman–Crippen LogP) is 9.15. The molecular formula is C26H48O. The highest BCUT2D eigenvalue weighted by molar-refractivity contribution is 5.42. The minimum absolute atomic E-state index is 0.0148. The minimum Gasteiger partial charge on any atom is -0.508 e. The van der Waals surface area contributed by atoms with Gasteiger partial charge in [0.1, 0.15) is 5.76 Å². The van der Waals surface area contributed by atoms with Crippen LogP contribution in [0.15, 0.2) is 23.0 Å². The standard InChI is InChI=1S/C26H48O/c1-9-11-13-15-17-26(18-16-14-12-10-2)19-21(24(3,4)5)23(27)22(20-26)25(6,7)8/h19,27H,9-18,20H2,1-8H3. The van der Waals surface area contributed by atoms with E-state index in [2.05, 4.69) is 61.5 Å². The van der Waals surface area contributed by atoms with E-state index in [4.69, 9.17) is 0 Å². The normalized spacial score (nSPS) is 18.0. The van der Waals surface area contributed by atoms with E-state index in [0.717, 1.165) is 6.42 Å². The molecule has 0 saturated heterocycles. The third-order valence-electron chi connectivity index (χ3n) is 6.29. The Morgan fingerprint density at radius 2 is 1.26 bits per heavy atom. The summed E-state index contributed by atoms with van der Waals surface area (Å²) in [6.07, 6.45) is 16.7. The smallest absolute Gasteiger partial charge is 0.118 e. The third-order valence-corrected chi connectivity index (χ3v) is 6.29. The van der Waals surface area contributed by atoms with Crippen molar-refractivity contribution in [1.29, 1.82) is 0 Å². The van der Waals surface area contributed by atoms with Gasteiger partial charge < -0.3 is 5.11 Å². The molecule has 0 bridgehead atoms. The zero-order chi connectivity index (χ0) is 20.7. The van der Waals surface area contributed by atoms with Crippen molar-refractivity contribution in [2.24, 2.45) is 16.2 Å². The summed E-state index contributed by atoms with van der Waals surface area (Å²) in [7, 11) is 0. The van der Waals surface area contributed by atoms with Gasteiger partial charge in [-0.2, -0.15) is 0 Å². The Bertz CT molecular complexity index is 495. The third kappa shape index (κ3) is 7.31. The molecule has 0 aromatic heterocycles. The molecule has 0 atom stereocenters. The number of aliphatic hydroxyl groups is 1. The van der Waals surface area contributed by atoms with Gasteiger partial charge in [0, 0.05) is 0 Å². The van der Waals surface area contributed by atoms with Gasteiger partial charge in [-0.25, -0.2) is 0 Å². The number of aliphatic hydroxyl groups excluding tert-OH is 1. The Hall–Kier alpha value is -0.720. The monoisotopic (exact) mass is 376 g/mol. The first-order valence-corrected chi connectivity index (χ1v) is 11.6. The molecule has 158 valence electrons. The van der Waals surface area contributed by atoms with Crippen LogP contribution in [0.1, 0.15) is 126 Å². The van der Waals surface area contributed by atoms with Crippen molar-refractivity contribution in [1.82, 2.24) is 0 Å². The Balaban J connectivity index is 3.22. The lowest BCUT2D eigenvalue weighted by Gasteiger charge is -2.43. The van der Waals surface area contributed by atoms with Gasteiger partial charge in [-0.15, -0.1) is 0 Å². The first-order valence-electron chi connectivity index (χ1n) is 11.6. The molecule has 0 aromatic rings. The Morgan fingerprint density at radius 1 is 0.778 bits per heavy atom. The summed E-state index contributed by atoms with van der Waals surface area (Å²) in [5, 5.41) is 11.2. The quantitative estimate of drug-likeness (QED) is 0.377. The van der Waals surface area contributed by atoms with Crippen LogP contribution in [0.4, 0.5) is 0 Å². The van der Waals surface area contributed by atoms with Crippen LogP contribution < -0.4 is 0 Å². The van der Waals surface area contributed by atoms with Gasteiger partial charge in [0.05, 0.1) is 0 Å². The summed E-state index contributed by atoms with van der Waals surface area (Å²) >= 11 is 0. The first kappa shape index (κ1) is 24.3. The fourth-order valence-electron chi connectivity index (χ4n) is 4.47. The fraction of sp³-hybridized carbons (Fsp3) is 0.846. The number of rotatable bonds is 10. The van der Waals surface area contributed by atoms with Crippen molar-refractivity contribution in [3.63, 3.8) is 0 Å². The van der Waals surface area contributed by atoms with Gasteiger partial charge >= 0.3 is 0 Å². The summed E-state index contributed by atoms with van der Waals surface area (Å²) in [6.45, 7) is 18.1. The molecule has 1 heteroatoms. The van der Waals surface area contributed by atoms with Crippen LogP contribution in [0.25, 0.3) is 0 Å². The van der Waals surface area contributed by atoms with Gasteiger partial charge in [0.2, 0.25) is 0 Å². The number of hydrogen-bond donors (Lipinski definition) is 1. The van der Waals surface area contributed by atoms with E-state index in [-0.39, 0.29) is 16.2 Å². The lowest BCUT2D eigenvalue weighted by Crippen LogP contribution is -2.31. The van der Waals surface area contributed by atoms with Crippen molar-refractivity contribution >= 4 is 0 Å². The summed E-state index contributed by atoms with van der Waals surface area (Å²) in [4.78, 5) is 0.